The summed E-state index contributed by atoms with van der Waals surface area (Å²) in [6.45, 7) is 1.89. The molecule has 0 atom stereocenters. The van der Waals surface area contributed by atoms with Gasteiger partial charge < -0.3 is 9.52 Å². The molecule has 2 aromatic rings. The number of fused-ring (bicyclic) bond motifs is 1. The van der Waals surface area contributed by atoms with Gasteiger partial charge in [-0.25, -0.2) is 0 Å². The van der Waals surface area contributed by atoms with Crippen LogP contribution in [0.2, 0.25) is 0 Å². The van der Waals surface area contributed by atoms with E-state index in [4.69, 9.17) is 9.52 Å². The normalized spacial score (nSPS) is 10.6. The lowest BCUT2D eigenvalue weighted by atomic mass is 10.2. The number of aryl methyl sites for hydroxylation is 1. The first-order chi connectivity index (χ1) is 5.25. The fraction of sp³-hybridized carbons (Fsp3) is 0.111. The molecule has 1 N–H and O–H groups in total. The molecule has 2 heteroatoms. The van der Waals surface area contributed by atoms with E-state index in [1.54, 1.807) is 18.2 Å². The summed E-state index contributed by atoms with van der Waals surface area (Å²) >= 11 is 0. The van der Waals surface area contributed by atoms with Gasteiger partial charge in [0, 0.05) is 5.39 Å². The second-order valence-corrected chi connectivity index (χ2v) is 2.58. The van der Waals surface area contributed by atoms with Crippen LogP contribution in [0.4, 0.5) is 0 Å². The molecule has 0 aliphatic rings. The summed E-state index contributed by atoms with van der Waals surface area (Å²) in [4.78, 5) is 0. The fourth-order valence-corrected chi connectivity index (χ4v) is 1.16. The SMILES string of the molecule is Cc1cc2cc(O)ccc2o1. The number of phenolic OH excluding ortho intramolecular Hbond substituents is 1. The minimum atomic E-state index is 0.276. The van der Waals surface area contributed by atoms with Gasteiger partial charge in [-0.15, -0.1) is 0 Å². The van der Waals surface area contributed by atoms with Crippen molar-refractivity contribution in [2.45, 2.75) is 6.92 Å². The highest BCUT2D eigenvalue weighted by molar-refractivity contribution is 5.79. The number of phenols is 1. The number of rotatable bonds is 0. The Hall–Kier alpha value is -1.44. The Kier molecular flexibility index (Phi) is 1.15. The third-order valence-electron chi connectivity index (χ3n) is 1.62. The molecule has 1 aromatic heterocycles. The summed E-state index contributed by atoms with van der Waals surface area (Å²) in [7, 11) is 0. The van der Waals surface area contributed by atoms with E-state index in [1.807, 2.05) is 13.0 Å². The van der Waals surface area contributed by atoms with Crippen LogP contribution >= 0.6 is 0 Å². The predicted molar refractivity (Wildman–Crippen MR) is 42.6 cm³/mol. The van der Waals surface area contributed by atoms with E-state index in [0.717, 1.165) is 16.7 Å². The summed E-state index contributed by atoms with van der Waals surface area (Å²) in [5, 5.41) is 10.0. The number of hydrogen-bond donors (Lipinski definition) is 1. The van der Waals surface area contributed by atoms with Crippen LogP contribution in [0, 0.1) is 6.92 Å². The van der Waals surface area contributed by atoms with Gasteiger partial charge in [0.2, 0.25) is 0 Å². The third-order valence-corrected chi connectivity index (χ3v) is 1.62. The summed E-state index contributed by atoms with van der Waals surface area (Å²) in [6, 6.07) is 6.96. The van der Waals surface area contributed by atoms with Crippen molar-refractivity contribution in [1.82, 2.24) is 0 Å². The lowest BCUT2D eigenvalue weighted by molar-refractivity contribution is 0.475. The first-order valence-electron chi connectivity index (χ1n) is 3.45. The molecule has 0 spiro atoms. The van der Waals surface area contributed by atoms with Crippen molar-refractivity contribution in [1.29, 1.82) is 0 Å². The lowest BCUT2D eigenvalue weighted by Gasteiger charge is -1.88. The maximum atomic E-state index is 9.10. The zero-order valence-electron chi connectivity index (χ0n) is 6.16. The Bertz CT molecular complexity index is 387. The molecular weight excluding hydrogens is 140 g/mol. The van der Waals surface area contributed by atoms with E-state index < -0.39 is 0 Å². The van der Waals surface area contributed by atoms with Crippen LogP contribution in [0.3, 0.4) is 0 Å². The van der Waals surface area contributed by atoms with Crippen molar-refractivity contribution >= 4 is 11.0 Å². The average molecular weight is 148 g/mol. The molecule has 1 aromatic carbocycles. The van der Waals surface area contributed by atoms with Gasteiger partial charge in [0.15, 0.2) is 0 Å². The standard InChI is InChI=1S/C9H8O2/c1-6-4-7-5-8(10)2-3-9(7)11-6/h2-5,10H,1H3. The van der Waals surface area contributed by atoms with Crippen LogP contribution in [-0.4, -0.2) is 5.11 Å². The Balaban J connectivity index is 2.82. The monoisotopic (exact) mass is 148 g/mol. The maximum Gasteiger partial charge on any atom is 0.134 e. The highest BCUT2D eigenvalue weighted by Crippen LogP contribution is 2.22. The van der Waals surface area contributed by atoms with Crippen LogP contribution in [0.1, 0.15) is 5.76 Å². The maximum absolute atomic E-state index is 9.10. The van der Waals surface area contributed by atoms with Crippen LogP contribution < -0.4 is 0 Å². The van der Waals surface area contributed by atoms with Crippen molar-refractivity contribution in [2.24, 2.45) is 0 Å². The summed E-state index contributed by atoms with van der Waals surface area (Å²) in [6.07, 6.45) is 0. The highest BCUT2D eigenvalue weighted by Gasteiger charge is 1.99. The number of aromatic hydroxyl groups is 1. The van der Waals surface area contributed by atoms with E-state index in [2.05, 4.69) is 0 Å². The molecule has 0 bridgehead atoms. The highest BCUT2D eigenvalue weighted by atomic mass is 16.3. The molecule has 0 aliphatic heterocycles. The van der Waals surface area contributed by atoms with Crippen molar-refractivity contribution in [3.63, 3.8) is 0 Å². The average Bonchev–Trinajstić information content (AvgIpc) is 2.27. The predicted octanol–water partition coefficient (Wildman–Crippen LogP) is 2.45. The smallest absolute Gasteiger partial charge is 0.134 e. The van der Waals surface area contributed by atoms with E-state index >= 15 is 0 Å². The Morgan fingerprint density at radius 1 is 1.27 bits per heavy atom. The number of hydrogen-bond acceptors (Lipinski definition) is 2. The van der Waals surface area contributed by atoms with Crippen LogP contribution in [0.5, 0.6) is 5.75 Å². The van der Waals surface area contributed by atoms with Gasteiger partial charge in [-0.1, -0.05) is 0 Å². The topological polar surface area (TPSA) is 33.4 Å². The van der Waals surface area contributed by atoms with Gasteiger partial charge >= 0.3 is 0 Å². The molecule has 1 heterocycles. The van der Waals surface area contributed by atoms with Crippen LogP contribution in [-0.2, 0) is 0 Å². The molecule has 0 amide bonds. The Morgan fingerprint density at radius 2 is 2.09 bits per heavy atom. The molecule has 0 unspecified atom stereocenters. The molecule has 11 heavy (non-hydrogen) atoms. The summed E-state index contributed by atoms with van der Waals surface area (Å²) in [5.41, 5.74) is 0.820. The van der Waals surface area contributed by atoms with Gasteiger partial charge in [-0.05, 0) is 31.2 Å². The molecule has 0 saturated heterocycles. The van der Waals surface area contributed by atoms with Crippen molar-refractivity contribution in [3.05, 3.63) is 30.0 Å². The molecule has 56 valence electrons. The third kappa shape index (κ3) is 0.963. The van der Waals surface area contributed by atoms with E-state index in [0.29, 0.717) is 0 Å². The molecule has 0 radical (unpaired) electrons. The molecule has 2 rings (SSSR count). The molecule has 0 saturated carbocycles. The summed E-state index contributed by atoms with van der Waals surface area (Å²) < 4.78 is 5.31. The van der Waals surface area contributed by atoms with Crippen molar-refractivity contribution in [2.75, 3.05) is 0 Å². The minimum Gasteiger partial charge on any atom is -0.508 e. The fourth-order valence-electron chi connectivity index (χ4n) is 1.16. The molecule has 2 nitrogen and oxygen atoms in total. The zero-order valence-corrected chi connectivity index (χ0v) is 6.16. The van der Waals surface area contributed by atoms with Crippen LogP contribution in [0.25, 0.3) is 11.0 Å². The van der Waals surface area contributed by atoms with Crippen molar-refractivity contribution < 1.29 is 9.52 Å². The Labute approximate surface area is 64.1 Å². The van der Waals surface area contributed by atoms with Gasteiger partial charge in [0.05, 0.1) is 0 Å². The van der Waals surface area contributed by atoms with Gasteiger partial charge in [-0.3, -0.25) is 0 Å². The van der Waals surface area contributed by atoms with E-state index in [1.165, 1.54) is 0 Å². The van der Waals surface area contributed by atoms with Gasteiger partial charge in [-0.2, -0.15) is 0 Å². The van der Waals surface area contributed by atoms with Crippen LogP contribution in [0.15, 0.2) is 28.7 Å². The zero-order chi connectivity index (χ0) is 7.84. The second kappa shape index (κ2) is 2.02. The lowest BCUT2D eigenvalue weighted by Crippen LogP contribution is -1.62. The molecule has 0 fully saturated rings. The number of furan rings is 1. The first kappa shape index (κ1) is 6.28. The Morgan fingerprint density at radius 3 is 2.91 bits per heavy atom. The largest absolute Gasteiger partial charge is 0.508 e. The van der Waals surface area contributed by atoms with E-state index in [-0.39, 0.29) is 5.75 Å². The summed E-state index contributed by atoms with van der Waals surface area (Å²) in [5.74, 6) is 1.14. The van der Waals surface area contributed by atoms with Gasteiger partial charge in [0.1, 0.15) is 17.1 Å². The molecule has 0 aliphatic carbocycles. The molecular formula is C9H8O2. The second-order valence-electron chi connectivity index (χ2n) is 2.58. The first-order valence-corrected chi connectivity index (χ1v) is 3.45. The van der Waals surface area contributed by atoms with Gasteiger partial charge in [0.25, 0.3) is 0 Å². The minimum absolute atomic E-state index is 0.276. The number of benzene rings is 1. The van der Waals surface area contributed by atoms with E-state index in [9.17, 15) is 0 Å². The van der Waals surface area contributed by atoms with Crippen molar-refractivity contribution in [3.8, 4) is 5.75 Å². The quantitative estimate of drug-likeness (QED) is 0.622.